The van der Waals surface area contributed by atoms with E-state index in [0.29, 0.717) is 16.3 Å². The van der Waals surface area contributed by atoms with E-state index >= 15 is 0 Å². The van der Waals surface area contributed by atoms with Gasteiger partial charge in [0, 0.05) is 6.20 Å². The number of hydrogen-bond donors (Lipinski definition) is 1. The van der Waals surface area contributed by atoms with Crippen molar-refractivity contribution in [1.82, 2.24) is 9.88 Å². The Bertz CT molecular complexity index is 771. The number of carbonyl (C=O) groups excluding carboxylic acids is 2. The van der Waals surface area contributed by atoms with Crippen LogP contribution in [0.25, 0.3) is 5.00 Å². The smallest absolute Gasteiger partial charge is 0.353 e. The summed E-state index contributed by atoms with van der Waals surface area (Å²) in [5.74, 6) is -1.25. The van der Waals surface area contributed by atoms with E-state index in [2.05, 4.69) is 5.32 Å². The Labute approximate surface area is 124 Å². The van der Waals surface area contributed by atoms with E-state index in [1.165, 1.54) is 11.3 Å². The van der Waals surface area contributed by atoms with Crippen LogP contribution >= 0.6 is 11.3 Å². The molecule has 3 rings (SSSR count). The molecule has 0 bridgehead atoms. The SMILES string of the molecule is CCOC(=O)C1(C#N)NC(=O)c2ccsc2-n2cccc21. The lowest BCUT2D eigenvalue weighted by atomic mass is 9.97. The standard InChI is InChI=1S/C14H11N3O3S/c1-2-20-13(19)14(8-15)10-4-3-6-17(10)12-9(5-7-21-12)11(18)16-14/h3-7H,2H2,1H3,(H,16,18). The molecule has 106 valence electrons. The van der Waals surface area contributed by atoms with Crippen molar-refractivity contribution >= 4 is 23.2 Å². The van der Waals surface area contributed by atoms with Crippen LogP contribution in [0.4, 0.5) is 0 Å². The van der Waals surface area contributed by atoms with Crippen LogP contribution < -0.4 is 5.32 Å². The molecule has 1 atom stereocenters. The maximum absolute atomic E-state index is 12.3. The molecule has 21 heavy (non-hydrogen) atoms. The summed E-state index contributed by atoms with van der Waals surface area (Å²) in [5.41, 5.74) is -1.04. The van der Waals surface area contributed by atoms with E-state index in [1.54, 1.807) is 41.3 Å². The van der Waals surface area contributed by atoms with Gasteiger partial charge in [-0.1, -0.05) is 0 Å². The van der Waals surface area contributed by atoms with Gasteiger partial charge in [-0.2, -0.15) is 5.26 Å². The van der Waals surface area contributed by atoms with E-state index in [-0.39, 0.29) is 6.61 Å². The fourth-order valence-electron chi connectivity index (χ4n) is 2.35. The zero-order valence-corrected chi connectivity index (χ0v) is 11.9. The molecule has 0 spiro atoms. The minimum atomic E-state index is -1.84. The van der Waals surface area contributed by atoms with Crippen LogP contribution in [0.2, 0.25) is 0 Å². The van der Waals surface area contributed by atoms with Gasteiger partial charge >= 0.3 is 5.97 Å². The van der Waals surface area contributed by atoms with E-state index in [0.717, 1.165) is 0 Å². The number of hydrogen-bond acceptors (Lipinski definition) is 5. The number of thiophene rings is 1. The van der Waals surface area contributed by atoms with Gasteiger partial charge < -0.3 is 14.6 Å². The normalized spacial score (nSPS) is 19.7. The number of amides is 1. The summed E-state index contributed by atoms with van der Waals surface area (Å²) in [7, 11) is 0. The van der Waals surface area contributed by atoms with E-state index < -0.39 is 17.4 Å². The largest absolute Gasteiger partial charge is 0.463 e. The molecule has 0 saturated heterocycles. The number of nitriles is 1. The molecule has 3 heterocycles. The summed E-state index contributed by atoms with van der Waals surface area (Å²) in [6.45, 7) is 1.78. The molecule has 0 radical (unpaired) electrons. The molecule has 7 heteroatoms. The lowest BCUT2D eigenvalue weighted by Crippen LogP contribution is -2.51. The van der Waals surface area contributed by atoms with Crippen LogP contribution in [-0.2, 0) is 15.1 Å². The van der Waals surface area contributed by atoms with Crippen molar-refractivity contribution in [2.45, 2.75) is 12.5 Å². The molecule has 1 aliphatic rings. The Balaban J connectivity index is 2.26. The van der Waals surface area contributed by atoms with Crippen LogP contribution in [0.1, 0.15) is 23.0 Å². The number of fused-ring (bicyclic) bond motifs is 3. The zero-order chi connectivity index (χ0) is 15.0. The topological polar surface area (TPSA) is 84.1 Å². The Hall–Kier alpha value is -2.59. The minimum Gasteiger partial charge on any atom is -0.463 e. The molecule has 2 aromatic rings. The van der Waals surface area contributed by atoms with Crippen molar-refractivity contribution in [1.29, 1.82) is 5.26 Å². The highest BCUT2D eigenvalue weighted by Crippen LogP contribution is 2.33. The third-order valence-electron chi connectivity index (χ3n) is 3.29. The Morgan fingerprint density at radius 3 is 3.10 bits per heavy atom. The van der Waals surface area contributed by atoms with Crippen molar-refractivity contribution in [2.75, 3.05) is 6.61 Å². The van der Waals surface area contributed by atoms with Crippen LogP contribution in [-0.4, -0.2) is 23.1 Å². The third-order valence-corrected chi connectivity index (χ3v) is 4.20. The molecule has 0 aromatic carbocycles. The molecule has 1 amide bonds. The second-order valence-corrected chi connectivity index (χ2v) is 5.33. The molecule has 1 aliphatic heterocycles. The number of ether oxygens (including phenoxy) is 1. The highest BCUT2D eigenvalue weighted by Gasteiger charge is 2.48. The predicted octanol–water partition coefficient (Wildman–Crippen LogP) is 1.56. The molecular formula is C14H11N3O3S. The second kappa shape index (κ2) is 4.75. The van der Waals surface area contributed by atoms with Gasteiger partial charge in [-0.3, -0.25) is 4.79 Å². The number of nitrogens with zero attached hydrogens (tertiary/aromatic N) is 2. The summed E-state index contributed by atoms with van der Waals surface area (Å²) in [5, 5.41) is 14.6. The van der Waals surface area contributed by atoms with Gasteiger partial charge in [-0.25, -0.2) is 4.79 Å². The Kier molecular flexibility index (Phi) is 3.03. The molecule has 0 aliphatic carbocycles. The summed E-state index contributed by atoms with van der Waals surface area (Å²) in [6.07, 6.45) is 1.72. The van der Waals surface area contributed by atoms with Crippen molar-refractivity contribution in [3.63, 3.8) is 0 Å². The lowest BCUT2D eigenvalue weighted by molar-refractivity contribution is -0.148. The first-order valence-electron chi connectivity index (χ1n) is 6.30. The van der Waals surface area contributed by atoms with Gasteiger partial charge in [0.15, 0.2) is 0 Å². The summed E-state index contributed by atoms with van der Waals surface area (Å²) in [6, 6.07) is 6.94. The highest BCUT2D eigenvalue weighted by atomic mass is 32.1. The summed E-state index contributed by atoms with van der Waals surface area (Å²) in [4.78, 5) is 24.7. The number of carbonyl (C=O) groups is 2. The van der Waals surface area contributed by atoms with Gasteiger partial charge in [0.2, 0.25) is 0 Å². The monoisotopic (exact) mass is 301 g/mol. The average molecular weight is 301 g/mol. The first kappa shape index (κ1) is 13.4. The first-order chi connectivity index (χ1) is 10.1. The fraction of sp³-hybridized carbons (Fsp3) is 0.214. The van der Waals surface area contributed by atoms with Crippen LogP contribution in [0.3, 0.4) is 0 Å². The zero-order valence-electron chi connectivity index (χ0n) is 11.1. The number of nitrogens with one attached hydrogen (secondary N) is 1. The number of esters is 1. The van der Waals surface area contributed by atoms with Crippen molar-refractivity contribution in [3.8, 4) is 11.1 Å². The molecule has 0 fully saturated rings. The molecule has 1 unspecified atom stereocenters. The average Bonchev–Trinajstić information content (AvgIpc) is 3.11. The maximum Gasteiger partial charge on any atom is 0.353 e. The minimum absolute atomic E-state index is 0.126. The Morgan fingerprint density at radius 1 is 1.57 bits per heavy atom. The van der Waals surface area contributed by atoms with Gasteiger partial charge in [0.05, 0.1) is 17.9 Å². The van der Waals surface area contributed by atoms with Gasteiger partial charge in [0.1, 0.15) is 11.1 Å². The van der Waals surface area contributed by atoms with Gasteiger partial charge in [0.25, 0.3) is 11.4 Å². The highest BCUT2D eigenvalue weighted by molar-refractivity contribution is 7.13. The molecule has 1 N–H and O–H groups in total. The quantitative estimate of drug-likeness (QED) is 0.853. The molecular weight excluding hydrogens is 290 g/mol. The third kappa shape index (κ3) is 1.76. The van der Waals surface area contributed by atoms with Gasteiger partial charge in [-0.05, 0) is 30.5 Å². The van der Waals surface area contributed by atoms with Crippen molar-refractivity contribution in [2.24, 2.45) is 0 Å². The van der Waals surface area contributed by atoms with E-state index in [9.17, 15) is 14.9 Å². The summed E-state index contributed by atoms with van der Waals surface area (Å²) < 4.78 is 6.67. The number of aromatic nitrogens is 1. The number of rotatable bonds is 2. The maximum atomic E-state index is 12.3. The van der Waals surface area contributed by atoms with E-state index in [4.69, 9.17) is 4.74 Å². The Morgan fingerprint density at radius 2 is 2.38 bits per heavy atom. The lowest BCUT2D eigenvalue weighted by Gasteiger charge is -2.24. The van der Waals surface area contributed by atoms with Crippen LogP contribution in [0, 0.1) is 11.3 Å². The van der Waals surface area contributed by atoms with Crippen LogP contribution in [0.5, 0.6) is 0 Å². The van der Waals surface area contributed by atoms with Crippen molar-refractivity contribution < 1.29 is 14.3 Å². The molecule has 2 aromatic heterocycles. The second-order valence-electron chi connectivity index (χ2n) is 4.44. The fourth-order valence-corrected chi connectivity index (χ4v) is 3.25. The van der Waals surface area contributed by atoms with Crippen LogP contribution in [0.15, 0.2) is 29.8 Å². The van der Waals surface area contributed by atoms with Crippen molar-refractivity contribution in [3.05, 3.63) is 41.0 Å². The van der Waals surface area contributed by atoms with E-state index in [1.807, 2.05) is 6.07 Å². The molecule has 6 nitrogen and oxygen atoms in total. The predicted molar refractivity (Wildman–Crippen MR) is 75.0 cm³/mol. The first-order valence-corrected chi connectivity index (χ1v) is 7.18. The molecule has 0 saturated carbocycles. The summed E-state index contributed by atoms with van der Waals surface area (Å²) >= 11 is 1.37. The van der Waals surface area contributed by atoms with Gasteiger partial charge in [-0.15, -0.1) is 11.3 Å².